The minimum absolute atomic E-state index is 0.104. The van der Waals surface area contributed by atoms with Gasteiger partial charge in [0.25, 0.3) is 0 Å². The van der Waals surface area contributed by atoms with Gasteiger partial charge in [-0.1, -0.05) is 194 Å². The molecule has 9 nitrogen and oxygen atoms in total. The second-order valence-electron chi connectivity index (χ2n) is 18.0. The molecule has 366 valence electrons. The maximum absolute atomic E-state index is 11.7. The van der Waals surface area contributed by atoms with Crippen molar-refractivity contribution in [3.8, 4) is 23.7 Å². The molecule has 2 saturated heterocycles. The molecule has 0 spiro atoms. The van der Waals surface area contributed by atoms with Gasteiger partial charge in [0.05, 0.1) is 36.8 Å². The van der Waals surface area contributed by atoms with E-state index in [1.807, 2.05) is 126 Å². The fraction of sp³-hybridized carbons (Fsp3) is 0.219. The second-order valence-corrected chi connectivity index (χ2v) is 18.0. The Morgan fingerprint density at radius 1 is 0.521 bits per heavy atom. The van der Waals surface area contributed by atoms with E-state index in [-0.39, 0.29) is 18.9 Å². The number of benzene rings is 6. The number of carbonyl (C=O) groups excluding carboxylic acids is 2. The minimum Gasteiger partial charge on any atom is -0.390 e. The highest BCUT2D eigenvalue weighted by atomic mass is 16.6. The van der Waals surface area contributed by atoms with E-state index in [9.17, 15) is 14.7 Å². The lowest BCUT2D eigenvalue weighted by Crippen LogP contribution is -2.38. The van der Waals surface area contributed by atoms with Gasteiger partial charge in [0.15, 0.2) is 12.6 Å². The van der Waals surface area contributed by atoms with Gasteiger partial charge >= 0.3 is 0 Å². The molecule has 0 saturated carbocycles. The number of rotatable bonds is 16. The number of aliphatic hydroxyl groups is 1. The van der Waals surface area contributed by atoms with Gasteiger partial charge in [-0.3, -0.25) is 9.59 Å². The smallest absolute Gasteiger partial charge is 0.166 e. The molecule has 0 bridgehead atoms. The van der Waals surface area contributed by atoms with Crippen LogP contribution < -0.4 is 0 Å². The van der Waals surface area contributed by atoms with Gasteiger partial charge < -0.3 is 33.2 Å². The number of carbonyl (C=O) groups is 2. The van der Waals surface area contributed by atoms with Crippen molar-refractivity contribution in [3.05, 3.63) is 262 Å². The summed E-state index contributed by atoms with van der Waals surface area (Å²) in [6.07, 6.45) is 5.18. The average molecular weight is 967 g/mol. The molecular weight excluding hydrogens is 909 g/mol. The van der Waals surface area contributed by atoms with E-state index in [4.69, 9.17) is 18.9 Å². The van der Waals surface area contributed by atoms with Crippen LogP contribution in [-0.4, -0.2) is 58.3 Å². The third-order valence-electron chi connectivity index (χ3n) is 13.5. The molecule has 5 atom stereocenters. The average Bonchev–Trinajstić information content (AvgIpc) is 4.28. The summed E-state index contributed by atoms with van der Waals surface area (Å²) in [6, 6.07) is 64.9. The normalized spacial score (nSPS) is 18.3. The summed E-state index contributed by atoms with van der Waals surface area (Å²) in [5, 5.41) is 11.0. The van der Waals surface area contributed by atoms with Crippen LogP contribution in [-0.2, 0) is 30.1 Å². The summed E-state index contributed by atoms with van der Waals surface area (Å²) < 4.78 is 30.1. The van der Waals surface area contributed by atoms with E-state index in [0.29, 0.717) is 24.4 Å². The first-order valence-electron chi connectivity index (χ1n) is 24.7. The third kappa shape index (κ3) is 10.8. The van der Waals surface area contributed by atoms with Gasteiger partial charge in [0, 0.05) is 29.9 Å². The molecule has 10 rings (SSSR count). The Labute approximate surface area is 428 Å². The third-order valence-corrected chi connectivity index (χ3v) is 13.5. The predicted molar refractivity (Wildman–Crippen MR) is 283 cm³/mol. The van der Waals surface area contributed by atoms with Gasteiger partial charge in [-0.25, -0.2) is 0 Å². The number of hydrogen-bond donors (Lipinski definition) is 1. The van der Waals surface area contributed by atoms with Crippen LogP contribution in [0, 0.1) is 23.7 Å². The molecular formula is C64H58N2O7. The monoisotopic (exact) mass is 966 g/mol. The van der Waals surface area contributed by atoms with Crippen LogP contribution in [0.15, 0.2) is 207 Å². The van der Waals surface area contributed by atoms with Gasteiger partial charge in [-0.2, -0.15) is 0 Å². The number of aldehydes is 2. The van der Waals surface area contributed by atoms with Crippen LogP contribution in [0.5, 0.6) is 0 Å². The Hall–Kier alpha value is -7.86. The SMILES string of the molecule is CC#Cc1cc(C=O)n([C@H]2CC[C@@H](COC(c3ccccc3)(c3ccccc3)c3ccccc3)O2)c1.CC#Cc1cc(C=O)n([C@H]2C[C@H](O)[C@@H](COC(c3ccccc3)(c3ccccc3)c3ccccc3)O2)c1. The minimum atomic E-state index is -0.907. The molecule has 0 unspecified atom stereocenters. The summed E-state index contributed by atoms with van der Waals surface area (Å²) in [7, 11) is 0. The van der Waals surface area contributed by atoms with Crippen LogP contribution in [0.25, 0.3) is 0 Å². The molecule has 9 heteroatoms. The molecule has 2 aliphatic heterocycles. The van der Waals surface area contributed by atoms with E-state index in [1.54, 1.807) is 30.7 Å². The number of aliphatic hydroxyl groups excluding tert-OH is 1. The van der Waals surface area contributed by atoms with Crippen LogP contribution in [0.3, 0.4) is 0 Å². The topological polar surface area (TPSA) is 101 Å². The first-order chi connectivity index (χ1) is 35.9. The molecule has 6 aromatic carbocycles. The van der Waals surface area contributed by atoms with Gasteiger partial charge in [0.1, 0.15) is 29.8 Å². The van der Waals surface area contributed by atoms with Crippen molar-refractivity contribution in [2.75, 3.05) is 13.2 Å². The lowest BCUT2D eigenvalue weighted by Gasteiger charge is -2.37. The zero-order valence-electron chi connectivity index (χ0n) is 41.0. The number of ether oxygens (including phenoxy) is 4. The lowest BCUT2D eigenvalue weighted by molar-refractivity contribution is -0.0937. The second kappa shape index (κ2) is 23.6. The number of aromatic nitrogens is 2. The Balaban J connectivity index is 0.000000180. The summed E-state index contributed by atoms with van der Waals surface area (Å²) in [5.74, 6) is 11.7. The molecule has 2 aliphatic rings. The fourth-order valence-corrected chi connectivity index (χ4v) is 10.1. The van der Waals surface area contributed by atoms with E-state index in [2.05, 4.69) is 96.5 Å². The van der Waals surface area contributed by atoms with Crippen LogP contribution in [0.1, 0.15) is 111 Å². The van der Waals surface area contributed by atoms with E-state index < -0.39 is 29.6 Å². The molecule has 1 N–H and O–H groups in total. The van der Waals surface area contributed by atoms with Crippen LogP contribution in [0.2, 0.25) is 0 Å². The highest BCUT2D eigenvalue weighted by molar-refractivity contribution is 5.74. The Morgan fingerprint density at radius 2 is 0.877 bits per heavy atom. The molecule has 0 radical (unpaired) electrons. The van der Waals surface area contributed by atoms with Crippen molar-refractivity contribution in [1.29, 1.82) is 0 Å². The fourth-order valence-electron chi connectivity index (χ4n) is 10.1. The molecule has 2 fully saturated rings. The highest BCUT2D eigenvalue weighted by Crippen LogP contribution is 2.44. The molecule has 8 aromatic rings. The summed E-state index contributed by atoms with van der Waals surface area (Å²) >= 11 is 0. The Bertz CT molecular complexity index is 2980. The highest BCUT2D eigenvalue weighted by Gasteiger charge is 2.43. The first kappa shape index (κ1) is 50.1. The molecule has 2 aromatic heterocycles. The Morgan fingerprint density at radius 3 is 1.23 bits per heavy atom. The van der Waals surface area contributed by atoms with Crippen molar-refractivity contribution >= 4 is 12.6 Å². The number of nitrogens with zero attached hydrogens (tertiary/aromatic N) is 2. The molecule has 0 amide bonds. The zero-order chi connectivity index (χ0) is 50.5. The largest absolute Gasteiger partial charge is 0.390 e. The van der Waals surface area contributed by atoms with Gasteiger partial charge in [-0.05, 0) is 72.2 Å². The van der Waals surface area contributed by atoms with Gasteiger partial charge in [0.2, 0.25) is 0 Å². The van der Waals surface area contributed by atoms with E-state index in [0.717, 1.165) is 69.9 Å². The van der Waals surface area contributed by atoms with Crippen molar-refractivity contribution in [2.45, 2.75) is 75.1 Å². The maximum Gasteiger partial charge on any atom is 0.166 e. The van der Waals surface area contributed by atoms with Gasteiger partial charge in [-0.15, -0.1) is 11.8 Å². The summed E-state index contributed by atoms with van der Waals surface area (Å²) in [5.41, 5.74) is 7.03. The quantitative estimate of drug-likeness (QED) is 0.0585. The van der Waals surface area contributed by atoms with E-state index in [1.165, 1.54) is 0 Å². The molecule has 73 heavy (non-hydrogen) atoms. The molecule has 0 aliphatic carbocycles. The zero-order valence-corrected chi connectivity index (χ0v) is 41.0. The van der Waals surface area contributed by atoms with Crippen LogP contribution in [0.4, 0.5) is 0 Å². The van der Waals surface area contributed by atoms with Crippen molar-refractivity contribution in [3.63, 3.8) is 0 Å². The van der Waals surface area contributed by atoms with Crippen molar-refractivity contribution in [2.24, 2.45) is 0 Å². The maximum atomic E-state index is 11.7. The summed E-state index contributed by atoms with van der Waals surface area (Å²) in [4.78, 5) is 23.3. The lowest BCUT2D eigenvalue weighted by atomic mass is 9.80. The number of hydrogen-bond acceptors (Lipinski definition) is 7. The summed E-state index contributed by atoms with van der Waals surface area (Å²) in [6.45, 7) is 4.10. The first-order valence-corrected chi connectivity index (χ1v) is 24.7. The molecule has 4 heterocycles. The standard InChI is InChI=1S/C32H29NO4.C32H29NO3/c1-2-12-24-19-28(22-34)33(21-24)31-20-29(35)30(37-31)23-36-32(25-13-6-3-7-14-25,26-15-8-4-9-16-26)27-17-10-5-11-18-27;1-2-12-25-21-29(23-34)33(22-25)31-20-19-30(36-31)24-35-32(26-13-6-3-7-14-26,27-15-8-4-9-16-27)28-17-10-5-11-18-28/h3-11,13-19,21-22,29-31,35H,20,23H2,1H3;3-11,13-18,21-23,30-31H,19-20,24H2,1H3/t29-,30+,31+;30-,31+/m00/s1. The van der Waals surface area contributed by atoms with Crippen molar-refractivity contribution in [1.82, 2.24) is 9.13 Å². The Kier molecular flexibility index (Phi) is 16.2. The van der Waals surface area contributed by atoms with E-state index >= 15 is 0 Å². The predicted octanol–water partition coefficient (Wildman–Crippen LogP) is 11.7. The van der Waals surface area contributed by atoms with Crippen molar-refractivity contribution < 1.29 is 33.6 Å². The van der Waals surface area contributed by atoms with Crippen LogP contribution >= 0.6 is 0 Å².